The zero-order valence-corrected chi connectivity index (χ0v) is 22.4. The molecule has 0 saturated heterocycles. The second-order valence-corrected chi connectivity index (χ2v) is 13.9. The van der Waals surface area contributed by atoms with Crippen LogP contribution in [0.15, 0.2) is 0 Å². The molecule has 0 radical (unpaired) electrons. The molecule has 3 heteroatoms. The molecular formula is C26H56O2Si. The summed E-state index contributed by atoms with van der Waals surface area (Å²) in [6.45, 7) is 11.7. The first kappa shape index (κ1) is 29.1. The SMILES string of the molecule is CCCCCCCCCCCCCCCC[Si](OC)(OC)C(C)(C)C(CC)CC. The normalized spacial score (nSPS) is 12.8. The van der Waals surface area contributed by atoms with Gasteiger partial charge in [0.25, 0.3) is 0 Å². The average Bonchev–Trinajstić information content (AvgIpc) is 2.72. The van der Waals surface area contributed by atoms with E-state index in [-0.39, 0.29) is 5.04 Å². The summed E-state index contributed by atoms with van der Waals surface area (Å²) in [6, 6.07) is 1.14. The molecule has 0 N–H and O–H groups in total. The van der Waals surface area contributed by atoms with Crippen LogP contribution >= 0.6 is 0 Å². The molecule has 0 aromatic heterocycles. The lowest BCUT2D eigenvalue weighted by Gasteiger charge is -2.46. The molecule has 0 saturated carbocycles. The molecule has 176 valence electrons. The van der Waals surface area contributed by atoms with Gasteiger partial charge < -0.3 is 8.85 Å². The van der Waals surface area contributed by atoms with Crippen molar-refractivity contribution in [3.8, 4) is 0 Å². The van der Waals surface area contributed by atoms with Crippen molar-refractivity contribution in [2.45, 2.75) is 148 Å². The van der Waals surface area contributed by atoms with E-state index < -0.39 is 8.56 Å². The minimum absolute atomic E-state index is 0.163. The van der Waals surface area contributed by atoms with Crippen molar-refractivity contribution in [1.82, 2.24) is 0 Å². The second kappa shape index (κ2) is 17.8. The largest absolute Gasteiger partial charge is 0.397 e. The van der Waals surface area contributed by atoms with Crippen LogP contribution in [0.2, 0.25) is 11.1 Å². The van der Waals surface area contributed by atoms with Crippen LogP contribution in [-0.4, -0.2) is 22.8 Å². The van der Waals surface area contributed by atoms with Crippen LogP contribution in [0.25, 0.3) is 0 Å². The van der Waals surface area contributed by atoms with Gasteiger partial charge in [-0.3, -0.25) is 0 Å². The molecule has 0 atom stereocenters. The summed E-state index contributed by atoms with van der Waals surface area (Å²) in [7, 11) is 1.61. The maximum absolute atomic E-state index is 6.17. The van der Waals surface area contributed by atoms with Gasteiger partial charge in [-0.2, -0.15) is 0 Å². The Morgan fingerprint density at radius 1 is 0.586 bits per heavy atom. The molecule has 0 rings (SSSR count). The third-order valence-electron chi connectivity index (χ3n) is 7.51. The fraction of sp³-hybridized carbons (Fsp3) is 1.00. The fourth-order valence-corrected chi connectivity index (χ4v) is 9.33. The molecule has 0 aliphatic rings. The summed E-state index contributed by atoms with van der Waals surface area (Å²) in [5.74, 6) is 0.681. The number of hydrogen-bond donors (Lipinski definition) is 0. The first-order chi connectivity index (χ1) is 14.0. The monoisotopic (exact) mass is 428 g/mol. The van der Waals surface area contributed by atoms with Crippen LogP contribution in [0.5, 0.6) is 0 Å². The lowest BCUT2D eigenvalue weighted by atomic mass is 9.90. The fourth-order valence-electron chi connectivity index (χ4n) is 5.31. The van der Waals surface area contributed by atoms with Gasteiger partial charge in [0.2, 0.25) is 0 Å². The molecule has 0 aromatic rings. The van der Waals surface area contributed by atoms with Crippen molar-refractivity contribution in [3.05, 3.63) is 0 Å². The lowest BCUT2D eigenvalue weighted by molar-refractivity contribution is 0.178. The first-order valence-corrected chi connectivity index (χ1v) is 15.1. The highest BCUT2D eigenvalue weighted by atomic mass is 28.4. The minimum Gasteiger partial charge on any atom is -0.397 e. The molecule has 2 nitrogen and oxygen atoms in total. The molecule has 0 aliphatic carbocycles. The molecular weight excluding hydrogens is 372 g/mol. The van der Waals surface area contributed by atoms with Crippen LogP contribution in [-0.2, 0) is 8.85 Å². The van der Waals surface area contributed by atoms with E-state index in [1.165, 1.54) is 103 Å². The summed E-state index contributed by atoms with van der Waals surface area (Å²) in [6.07, 6.45) is 22.1. The summed E-state index contributed by atoms with van der Waals surface area (Å²) in [5, 5.41) is 0.163. The standard InChI is InChI=1S/C26H56O2Si/c1-8-11-12-13-14-15-16-17-18-19-20-21-22-23-24-29(27-6,28-7)26(4,5)25(9-2)10-3/h25H,8-24H2,1-7H3. The van der Waals surface area contributed by atoms with Crippen LogP contribution in [0.3, 0.4) is 0 Å². The maximum atomic E-state index is 6.17. The van der Waals surface area contributed by atoms with Gasteiger partial charge in [-0.1, -0.05) is 137 Å². The Bertz CT molecular complexity index is 349. The smallest absolute Gasteiger partial charge is 0.343 e. The summed E-state index contributed by atoms with van der Waals surface area (Å²) in [5.41, 5.74) is 0. The minimum atomic E-state index is -2.18. The molecule has 0 unspecified atom stereocenters. The van der Waals surface area contributed by atoms with E-state index in [2.05, 4.69) is 34.6 Å². The van der Waals surface area contributed by atoms with Crippen molar-refractivity contribution < 1.29 is 8.85 Å². The molecule has 0 heterocycles. The zero-order valence-electron chi connectivity index (χ0n) is 21.4. The topological polar surface area (TPSA) is 18.5 Å². The summed E-state index contributed by atoms with van der Waals surface area (Å²) < 4.78 is 12.3. The predicted molar refractivity (Wildman–Crippen MR) is 133 cm³/mol. The third kappa shape index (κ3) is 10.8. The van der Waals surface area contributed by atoms with E-state index >= 15 is 0 Å². The number of rotatable bonds is 21. The van der Waals surface area contributed by atoms with Crippen LogP contribution in [0, 0.1) is 5.92 Å². The molecule has 29 heavy (non-hydrogen) atoms. The highest BCUT2D eigenvalue weighted by Crippen LogP contribution is 2.50. The van der Waals surface area contributed by atoms with E-state index in [0.29, 0.717) is 5.92 Å². The van der Waals surface area contributed by atoms with E-state index in [1.54, 1.807) is 0 Å². The third-order valence-corrected chi connectivity index (χ3v) is 12.2. The molecule has 0 bridgehead atoms. The Labute approximate surface area is 186 Å². The van der Waals surface area contributed by atoms with Crippen molar-refractivity contribution in [2.24, 2.45) is 5.92 Å². The summed E-state index contributed by atoms with van der Waals surface area (Å²) >= 11 is 0. The zero-order chi connectivity index (χ0) is 22.0. The van der Waals surface area contributed by atoms with Crippen LogP contribution in [0.4, 0.5) is 0 Å². The molecule has 0 amide bonds. The maximum Gasteiger partial charge on any atom is 0.343 e. The Morgan fingerprint density at radius 2 is 0.931 bits per heavy atom. The highest BCUT2D eigenvalue weighted by Gasteiger charge is 2.53. The van der Waals surface area contributed by atoms with Crippen molar-refractivity contribution in [1.29, 1.82) is 0 Å². The van der Waals surface area contributed by atoms with Gasteiger partial charge in [-0.15, -0.1) is 0 Å². The first-order valence-electron chi connectivity index (χ1n) is 13.1. The molecule has 0 aromatic carbocycles. The molecule has 0 fully saturated rings. The van der Waals surface area contributed by atoms with Crippen molar-refractivity contribution in [2.75, 3.05) is 14.2 Å². The Morgan fingerprint density at radius 3 is 1.24 bits per heavy atom. The van der Waals surface area contributed by atoms with Gasteiger partial charge in [0.1, 0.15) is 0 Å². The van der Waals surface area contributed by atoms with Crippen LogP contribution in [0.1, 0.15) is 137 Å². The summed E-state index contributed by atoms with van der Waals surface area (Å²) in [4.78, 5) is 0. The molecule has 0 spiro atoms. The Balaban J connectivity index is 3.93. The van der Waals surface area contributed by atoms with Crippen molar-refractivity contribution >= 4 is 8.56 Å². The van der Waals surface area contributed by atoms with Gasteiger partial charge in [0.15, 0.2) is 0 Å². The van der Waals surface area contributed by atoms with Crippen molar-refractivity contribution in [3.63, 3.8) is 0 Å². The molecule has 0 aliphatic heterocycles. The van der Waals surface area contributed by atoms with E-state index in [0.717, 1.165) is 6.04 Å². The van der Waals surface area contributed by atoms with E-state index in [9.17, 15) is 0 Å². The van der Waals surface area contributed by atoms with Gasteiger partial charge in [-0.05, 0) is 12.0 Å². The van der Waals surface area contributed by atoms with Gasteiger partial charge in [-0.25, -0.2) is 0 Å². The van der Waals surface area contributed by atoms with Crippen LogP contribution < -0.4 is 0 Å². The second-order valence-electron chi connectivity index (χ2n) is 9.74. The predicted octanol–water partition coefficient (Wildman–Crippen LogP) is 9.42. The Kier molecular flexibility index (Phi) is 17.9. The average molecular weight is 429 g/mol. The highest BCUT2D eigenvalue weighted by molar-refractivity contribution is 6.70. The van der Waals surface area contributed by atoms with E-state index in [1.807, 2.05) is 14.2 Å². The lowest BCUT2D eigenvalue weighted by Crippen LogP contribution is -2.52. The number of unbranched alkanes of at least 4 members (excludes halogenated alkanes) is 13. The number of hydrogen-bond acceptors (Lipinski definition) is 2. The van der Waals surface area contributed by atoms with E-state index in [4.69, 9.17) is 8.85 Å². The quantitative estimate of drug-likeness (QED) is 0.134. The van der Waals surface area contributed by atoms with Gasteiger partial charge in [0, 0.05) is 19.3 Å². The van der Waals surface area contributed by atoms with Gasteiger partial charge >= 0.3 is 8.56 Å². The van der Waals surface area contributed by atoms with Gasteiger partial charge in [0.05, 0.1) is 0 Å². The Hall–Kier alpha value is 0.137.